The van der Waals surface area contributed by atoms with Gasteiger partial charge in [0.25, 0.3) is 0 Å². The Balaban J connectivity index is 0.00000259. The van der Waals surface area contributed by atoms with Gasteiger partial charge in [0.2, 0.25) is 0 Å². The number of methoxy groups -OCH3 is 1. The van der Waals surface area contributed by atoms with Gasteiger partial charge < -0.3 is 20.1 Å². The highest BCUT2D eigenvalue weighted by atomic mass is 35.5. The zero-order valence-corrected chi connectivity index (χ0v) is 19.8. The molecule has 1 saturated carbocycles. The molecule has 1 aliphatic carbocycles. The number of hydrogen-bond donors (Lipinski definition) is 2. The van der Waals surface area contributed by atoms with Crippen LogP contribution in [0.4, 0.5) is 11.6 Å². The normalized spacial score (nSPS) is 21.4. The van der Waals surface area contributed by atoms with Crippen LogP contribution in [0.1, 0.15) is 30.4 Å². The Morgan fingerprint density at radius 1 is 1.24 bits per heavy atom. The van der Waals surface area contributed by atoms with Gasteiger partial charge in [0, 0.05) is 30.4 Å². The van der Waals surface area contributed by atoms with Gasteiger partial charge in [-0.25, -0.2) is 0 Å². The average Bonchev–Trinajstić information content (AvgIpc) is 3.22. The highest BCUT2D eigenvalue weighted by Crippen LogP contribution is 2.49. The second-order valence-corrected chi connectivity index (χ2v) is 9.21. The molecule has 1 aromatic heterocycles. The molecule has 0 atom stereocenters. The summed E-state index contributed by atoms with van der Waals surface area (Å²) < 4.78 is 5.22. The number of halogens is 2. The summed E-state index contributed by atoms with van der Waals surface area (Å²) in [7, 11) is 1.59. The Kier molecular flexibility index (Phi) is 6.53. The molecule has 172 valence electrons. The van der Waals surface area contributed by atoms with E-state index < -0.39 is 0 Å². The summed E-state index contributed by atoms with van der Waals surface area (Å²) >= 11 is 6.25. The summed E-state index contributed by atoms with van der Waals surface area (Å²) in [6, 6.07) is 13.5. The van der Waals surface area contributed by atoms with E-state index >= 15 is 0 Å². The van der Waals surface area contributed by atoms with E-state index in [2.05, 4.69) is 26.5 Å². The van der Waals surface area contributed by atoms with Gasteiger partial charge in [-0.1, -0.05) is 17.7 Å². The van der Waals surface area contributed by atoms with Crippen molar-refractivity contribution in [3.63, 3.8) is 0 Å². The fraction of sp³-hybridized carbons (Fsp3) is 0.375. The van der Waals surface area contributed by atoms with Crippen LogP contribution in [0.2, 0.25) is 5.02 Å². The Bertz CT molecular complexity index is 1220. The summed E-state index contributed by atoms with van der Waals surface area (Å²) in [6.45, 7) is 2.28. The van der Waals surface area contributed by atoms with Crippen molar-refractivity contribution in [1.29, 1.82) is 5.26 Å². The van der Waals surface area contributed by atoms with Gasteiger partial charge in [-0.2, -0.15) is 5.26 Å². The number of nitriles is 1. The molecule has 3 aromatic rings. The molecule has 9 heteroatoms. The maximum Gasteiger partial charge on any atom is 0.159 e. The number of nitrogens with zero attached hydrogens (tertiary/aromatic N) is 4. The van der Waals surface area contributed by atoms with E-state index in [-0.39, 0.29) is 23.9 Å². The number of ether oxygens (including phenoxy) is 1. The van der Waals surface area contributed by atoms with Gasteiger partial charge in [-0.3, -0.25) is 0 Å². The quantitative estimate of drug-likeness (QED) is 0.547. The Morgan fingerprint density at radius 3 is 2.76 bits per heavy atom. The highest BCUT2D eigenvalue weighted by molar-refractivity contribution is 6.32. The van der Waals surface area contributed by atoms with E-state index in [0.29, 0.717) is 28.7 Å². The lowest BCUT2D eigenvalue weighted by Crippen LogP contribution is -2.43. The van der Waals surface area contributed by atoms with Gasteiger partial charge in [-0.05, 0) is 60.6 Å². The molecule has 1 spiro atoms. The fourth-order valence-corrected chi connectivity index (χ4v) is 5.25. The number of rotatable bonds is 5. The molecule has 0 unspecified atom stereocenters. The van der Waals surface area contributed by atoms with Gasteiger partial charge in [0.1, 0.15) is 5.75 Å². The van der Waals surface area contributed by atoms with E-state index in [1.165, 1.54) is 0 Å². The lowest BCUT2D eigenvalue weighted by atomic mass is 9.66. The van der Waals surface area contributed by atoms with E-state index in [1.54, 1.807) is 7.11 Å². The number of anilines is 2. The third kappa shape index (κ3) is 4.39. The fourth-order valence-electron chi connectivity index (χ4n) is 4.97. The van der Waals surface area contributed by atoms with Gasteiger partial charge in [0.05, 0.1) is 29.9 Å². The first kappa shape index (κ1) is 23.4. The molecule has 0 amide bonds. The van der Waals surface area contributed by atoms with Crippen molar-refractivity contribution < 1.29 is 9.84 Å². The van der Waals surface area contributed by atoms with Crippen LogP contribution in [0.5, 0.6) is 5.75 Å². The van der Waals surface area contributed by atoms with E-state index in [1.807, 2.05) is 36.4 Å². The zero-order chi connectivity index (χ0) is 22.3. The monoisotopic (exact) mass is 485 g/mol. The molecule has 5 rings (SSSR count). The Hall–Kier alpha value is -2.79. The Labute approximate surface area is 203 Å². The van der Waals surface area contributed by atoms with Gasteiger partial charge in [-0.15, -0.1) is 22.6 Å². The summed E-state index contributed by atoms with van der Waals surface area (Å²) in [5.41, 5.74) is 1.76. The van der Waals surface area contributed by atoms with Crippen LogP contribution < -0.4 is 15.0 Å². The molecule has 2 heterocycles. The standard InChI is InChI=1S/C24H24ClN5O2.ClH/c1-32-21-5-3-16(9-20(21)25)13-27-22-19-8-15(12-26)2-4-18(19)23(29-28-22)30-7-6-24(14-30)10-17(31)11-24;/h2-5,8-9,17,31H,6-7,10-11,13-14H2,1H3,(H,27,28);1H. The lowest BCUT2D eigenvalue weighted by Gasteiger charge is -2.42. The summed E-state index contributed by atoms with van der Waals surface area (Å²) in [4.78, 5) is 2.26. The summed E-state index contributed by atoms with van der Waals surface area (Å²) in [5.74, 6) is 2.09. The van der Waals surface area contributed by atoms with Gasteiger partial charge in [0.15, 0.2) is 11.6 Å². The van der Waals surface area contributed by atoms with Crippen molar-refractivity contribution in [3.05, 3.63) is 52.5 Å². The maximum absolute atomic E-state index is 9.80. The summed E-state index contributed by atoms with van der Waals surface area (Å²) in [5, 5.41) is 34.0. The first-order valence-corrected chi connectivity index (χ1v) is 11.1. The molecule has 33 heavy (non-hydrogen) atoms. The van der Waals surface area contributed by atoms with Crippen molar-refractivity contribution in [2.45, 2.75) is 31.9 Å². The Morgan fingerprint density at radius 2 is 2.06 bits per heavy atom. The van der Waals surface area contributed by atoms with Crippen molar-refractivity contribution in [3.8, 4) is 11.8 Å². The number of hydrogen-bond acceptors (Lipinski definition) is 7. The minimum Gasteiger partial charge on any atom is -0.495 e. The van der Waals surface area contributed by atoms with Crippen LogP contribution >= 0.6 is 24.0 Å². The van der Waals surface area contributed by atoms with E-state index in [0.717, 1.165) is 54.5 Å². The molecular weight excluding hydrogens is 461 g/mol. The van der Waals surface area contributed by atoms with Crippen molar-refractivity contribution in [1.82, 2.24) is 10.2 Å². The number of benzene rings is 2. The van der Waals surface area contributed by atoms with Gasteiger partial charge >= 0.3 is 0 Å². The second kappa shape index (κ2) is 9.22. The number of aliphatic hydroxyl groups is 1. The van der Waals surface area contributed by atoms with Crippen molar-refractivity contribution in [2.75, 3.05) is 30.4 Å². The van der Waals surface area contributed by atoms with Crippen LogP contribution in [0.15, 0.2) is 36.4 Å². The number of nitrogens with one attached hydrogen (secondary N) is 1. The average molecular weight is 486 g/mol. The van der Waals surface area contributed by atoms with Crippen molar-refractivity contribution >= 4 is 46.4 Å². The molecular formula is C24H25Cl2N5O2. The first-order valence-electron chi connectivity index (χ1n) is 10.7. The minimum absolute atomic E-state index is 0. The second-order valence-electron chi connectivity index (χ2n) is 8.80. The van der Waals surface area contributed by atoms with Crippen LogP contribution in [0.3, 0.4) is 0 Å². The number of aromatic nitrogens is 2. The molecule has 7 nitrogen and oxygen atoms in total. The molecule has 0 radical (unpaired) electrons. The minimum atomic E-state index is -0.172. The SMILES string of the molecule is COc1ccc(CNc2nnc(N3CCC4(CC(O)C4)C3)c3ccc(C#N)cc23)cc1Cl.Cl. The van der Waals surface area contributed by atoms with Crippen LogP contribution in [0.25, 0.3) is 10.8 Å². The summed E-state index contributed by atoms with van der Waals surface area (Å²) in [6.07, 6.45) is 2.60. The predicted molar refractivity (Wildman–Crippen MR) is 131 cm³/mol. The lowest BCUT2D eigenvalue weighted by molar-refractivity contribution is -0.0179. The largest absolute Gasteiger partial charge is 0.495 e. The third-order valence-electron chi connectivity index (χ3n) is 6.64. The molecule has 2 fully saturated rings. The van der Waals surface area contributed by atoms with E-state index in [9.17, 15) is 10.4 Å². The van der Waals surface area contributed by atoms with E-state index in [4.69, 9.17) is 16.3 Å². The molecule has 2 aliphatic rings. The topological polar surface area (TPSA) is 94.3 Å². The molecule has 2 aromatic carbocycles. The zero-order valence-electron chi connectivity index (χ0n) is 18.2. The number of aliphatic hydroxyl groups excluding tert-OH is 1. The predicted octanol–water partition coefficient (Wildman–Crippen LogP) is 4.55. The molecule has 1 aliphatic heterocycles. The van der Waals surface area contributed by atoms with Crippen LogP contribution in [0, 0.1) is 16.7 Å². The van der Waals surface area contributed by atoms with Crippen LogP contribution in [-0.2, 0) is 6.54 Å². The maximum atomic E-state index is 9.80. The smallest absolute Gasteiger partial charge is 0.159 e. The number of fused-ring (bicyclic) bond motifs is 1. The highest BCUT2D eigenvalue weighted by Gasteiger charge is 2.48. The molecule has 0 bridgehead atoms. The van der Waals surface area contributed by atoms with Crippen molar-refractivity contribution in [2.24, 2.45) is 5.41 Å². The van der Waals surface area contributed by atoms with Crippen LogP contribution in [-0.4, -0.2) is 41.6 Å². The molecule has 2 N–H and O–H groups in total. The molecule has 1 saturated heterocycles. The first-order chi connectivity index (χ1) is 15.5. The third-order valence-corrected chi connectivity index (χ3v) is 6.94.